The largest absolute Gasteiger partial charge is 0.507 e. The third kappa shape index (κ3) is 7.22. The van der Waals surface area contributed by atoms with Crippen molar-refractivity contribution in [3.05, 3.63) is 234 Å². The van der Waals surface area contributed by atoms with E-state index in [4.69, 9.17) is 0 Å². The topological polar surface area (TPSA) is 196 Å². The molecule has 0 aromatic heterocycles. The Morgan fingerprint density at radius 1 is 0.294 bits per heavy atom. The first-order chi connectivity index (χ1) is 32.7. The maximum absolute atomic E-state index is 12.4. The molecule has 0 saturated heterocycles. The van der Waals surface area contributed by atoms with Crippen molar-refractivity contribution < 1.29 is 50.4 Å². The minimum absolute atomic E-state index is 0.0534. The maximum Gasteiger partial charge on any atom is 0.150 e. The van der Waals surface area contributed by atoms with Gasteiger partial charge >= 0.3 is 0 Å². The lowest BCUT2D eigenvalue weighted by Gasteiger charge is -2.31. The van der Waals surface area contributed by atoms with E-state index in [-0.39, 0.29) is 113 Å². The van der Waals surface area contributed by atoms with E-state index in [1.807, 2.05) is 60.7 Å². The van der Waals surface area contributed by atoms with Gasteiger partial charge in [-0.05, 0) is 74.2 Å². The third-order valence-electron chi connectivity index (χ3n) is 13.8. The Bertz CT molecular complexity index is 3080. The second kappa shape index (κ2) is 17.4. The predicted molar refractivity (Wildman–Crippen MR) is 258 cm³/mol. The minimum Gasteiger partial charge on any atom is -0.507 e. The van der Waals surface area contributed by atoms with Crippen molar-refractivity contribution >= 4 is 12.6 Å². The van der Waals surface area contributed by atoms with Gasteiger partial charge in [-0.25, -0.2) is 0 Å². The molecule has 0 aliphatic heterocycles. The number of carbonyl (C=O) groups excluding carboxylic acids is 2. The van der Waals surface area contributed by atoms with Crippen molar-refractivity contribution in [3.63, 3.8) is 0 Å². The highest BCUT2D eigenvalue weighted by molar-refractivity contribution is 5.77. The molecule has 4 unspecified atom stereocenters. The van der Waals surface area contributed by atoms with Crippen molar-refractivity contribution in [1.29, 1.82) is 0 Å². The minimum atomic E-state index is -1.08. The van der Waals surface area contributed by atoms with Crippen LogP contribution in [-0.2, 0) is 0 Å². The Labute approximate surface area is 392 Å². The SMILES string of the molecule is Cc1c(O)c2cc(c1O)C(c1ccccc1)c1cc(c(O)c(C)c1O)C(c1ccc(C=O)cc1)c1cc(c(O)c(C)c1O)C(c1ccc(C=O)cc1)c1cc(c(O)c(C)c1O)C2c1ccccc1. The van der Waals surface area contributed by atoms with E-state index in [9.17, 15) is 50.4 Å². The molecule has 10 nitrogen and oxygen atoms in total. The van der Waals surface area contributed by atoms with Crippen LogP contribution in [0.2, 0.25) is 0 Å². The smallest absolute Gasteiger partial charge is 0.150 e. The molecular formula is C58H48O10. The molecule has 1 aliphatic rings. The highest BCUT2D eigenvalue weighted by Crippen LogP contribution is 2.56. The number of benzene rings is 8. The van der Waals surface area contributed by atoms with Crippen LogP contribution in [0.3, 0.4) is 0 Å². The second-order valence-electron chi connectivity index (χ2n) is 17.6. The number of phenols is 8. The Balaban J connectivity index is 1.53. The van der Waals surface area contributed by atoms with E-state index in [1.54, 1.807) is 93.6 Å². The molecule has 68 heavy (non-hydrogen) atoms. The summed E-state index contributed by atoms with van der Waals surface area (Å²) in [6.07, 6.45) is 1.38. The van der Waals surface area contributed by atoms with Gasteiger partial charge in [0.25, 0.3) is 0 Å². The Morgan fingerprint density at radius 2 is 0.485 bits per heavy atom. The standard InChI is InChI=1S/C58H48O10/c1-29-51(61)39-23-40(52(29)62)48(36-13-9-6-10-14-36)42-25-44(56(66)31(3)54(42)64)50(38-21-17-34(28-60)18-22-38)46-26-45(57(67)32(4)58(46)68)49(37-19-15-33(27-59)16-20-37)43-24-41(53(63)30(2)55(43)65)47(39)35-11-7-5-8-12-35/h5-28,47-50,61-68H,1-4H3. The number of fused-ring (bicyclic) bond motifs is 8. The van der Waals surface area contributed by atoms with Gasteiger partial charge in [0.2, 0.25) is 0 Å². The molecule has 8 N–H and O–H groups in total. The monoisotopic (exact) mass is 904 g/mol. The van der Waals surface area contributed by atoms with Gasteiger partial charge in [-0.1, -0.05) is 109 Å². The number of aromatic hydroxyl groups is 8. The molecule has 0 radical (unpaired) electrons. The molecular weight excluding hydrogens is 857 g/mol. The van der Waals surface area contributed by atoms with Crippen LogP contribution in [0.1, 0.15) is 133 Å². The molecule has 0 saturated carbocycles. The zero-order chi connectivity index (χ0) is 48.3. The molecule has 0 heterocycles. The Hall–Kier alpha value is -8.50. The van der Waals surface area contributed by atoms with E-state index in [0.29, 0.717) is 46.0 Å². The van der Waals surface area contributed by atoms with Crippen LogP contribution in [0, 0.1) is 27.7 Å². The van der Waals surface area contributed by atoms with Gasteiger partial charge in [-0.15, -0.1) is 0 Å². The van der Waals surface area contributed by atoms with Crippen LogP contribution in [0.5, 0.6) is 46.0 Å². The molecule has 8 bridgehead atoms. The van der Waals surface area contributed by atoms with E-state index < -0.39 is 23.7 Å². The molecule has 10 heteroatoms. The molecule has 0 spiro atoms. The fraction of sp³-hybridized carbons (Fsp3) is 0.138. The summed E-state index contributed by atoms with van der Waals surface area (Å²) < 4.78 is 0. The first kappa shape index (κ1) is 44.7. The van der Waals surface area contributed by atoms with Crippen molar-refractivity contribution in [1.82, 2.24) is 0 Å². The van der Waals surface area contributed by atoms with Crippen LogP contribution in [0.4, 0.5) is 0 Å². The molecule has 9 rings (SSSR count). The number of phenolic OH excluding ortho intramolecular Hbond substituents is 8. The summed E-state index contributed by atoms with van der Waals surface area (Å²) in [4.78, 5) is 23.9. The van der Waals surface area contributed by atoms with Crippen molar-refractivity contribution in [3.8, 4) is 46.0 Å². The number of carbonyl (C=O) groups is 2. The van der Waals surface area contributed by atoms with Gasteiger partial charge in [0.05, 0.1) is 0 Å². The third-order valence-corrected chi connectivity index (χ3v) is 13.8. The lowest BCUT2D eigenvalue weighted by Crippen LogP contribution is -2.14. The average molecular weight is 905 g/mol. The summed E-state index contributed by atoms with van der Waals surface area (Å²) in [7, 11) is 0. The summed E-state index contributed by atoms with van der Waals surface area (Å²) in [5.74, 6) is -6.53. The maximum atomic E-state index is 12.4. The van der Waals surface area contributed by atoms with Gasteiger partial charge in [-0.2, -0.15) is 0 Å². The zero-order valence-corrected chi connectivity index (χ0v) is 37.6. The Morgan fingerprint density at radius 3 is 0.676 bits per heavy atom. The normalized spacial score (nSPS) is 16.5. The van der Waals surface area contributed by atoms with Crippen molar-refractivity contribution in [2.75, 3.05) is 0 Å². The van der Waals surface area contributed by atoms with E-state index in [0.717, 1.165) is 0 Å². The van der Waals surface area contributed by atoms with Crippen LogP contribution in [0.15, 0.2) is 133 Å². The van der Waals surface area contributed by atoms with Crippen LogP contribution in [-0.4, -0.2) is 53.4 Å². The summed E-state index contributed by atoms with van der Waals surface area (Å²) in [5, 5.41) is 98.7. The second-order valence-corrected chi connectivity index (χ2v) is 17.6. The molecule has 4 atom stereocenters. The first-order valence-electron chi connectivity index (χ1n) is 22.1. The molecule has 0 fully saturated rings. The summed E-state index contributed by atoms with van der Waals surface area (Å²) in [6.45, 7) is 6.21. The quantitative estimate of drug-likeness (QED) is 0.0744. The fourth-order valence-corrected chi connectivity index (χ4v) is 10.1. The summed E-state index contributed by atoms with van der Waals surface area (Å²) >= 11 is 0. The van der Waals surface area contributed by atoms with E-state index >= 15 is 0 Å². The number of rotatable bonds is 6. The van der Waals surface area contributed by atoms with Crippen molar-refractivity contribution in [2.24, 2.45) is 0 Å². The lowest BCUT2D eigenvalue weighted by atomic mass is 9.73. The van der Waals surface area contributed by atoms with E-state index in [1.165, 1.54) is 6.92 Å². The van der Waals surface area contributed by atoms with Gasteiger partial charge in [0.15, 0.2) is 0 Å². The van der Waals surface area contributed by atoms with E-state index in [2.05, 4.69) is 0 Å². The highest BCUT2D eigenvalue weighted by atomic mass is 16.3. The van der Waals surface area contributed by atoms with Gasteiger partial charge in [0.1, 0.15) is 58.6 Å². The summed E-state index contributed by atoms with van der Waals surface area (Å²) in [5.41, 5.74) is 5.12. The molecule has 0 amide bonds. The van der Waals surface area contributed by atoms with Gasteiger partial charge in [0, 0.05) is 102 Å². The van der Waals surface area contributed by atoms with Crippen LogP contribution >= 0.6 is 0 Å². The fourth-order valence-electron chi connectivity index (χ4n) is 10.1. The predicted octanol–water partition coefficient (Wildman–Crippen LogP) is 11.2. The number of hydrogen-bond acceptors (Lipinski definition) is 10. The first-order valence-corrected chi connectivity index (χ1v) is 22.1. The zero-order valence-electron chi connectivity index (χ0n) is 37.6. The van der Waals surface area contributed by atoms with Crippen LogP contribution in [0.25, 0.3) is 0 Å². The number of aldehydes is 2. The number of hydrogen-bond donors (Lipinski definition) is 8. The Kier molecular flexibility index (Phi) is 11.4. The van der Waals surface area contributed by atoms with Gasteiger partial charge < -0.3 is 40.9 Å². The lowest BCUT2D eigenvalue weighted by molar-refractivity contribution is 0.111. The van der Waals surface area contributed by atoms with Crippen LogP contribution < -0.4 is 0 Å². The van der Waals surface area contributed by atoms with Gasteiger partial charge in [-0.3, -0.25) is 9.59 Å². The highest BCUT2D eigenvalue weighted by Gasteiger charge is 2.37. The van der Waals surface area contributed by atoms with Crippen molar-refractivity contribution in [2.45, 2.75) is 51.4 Å². The molecule has 1 aliphatic carbocycles. The molecule has 8 aromatic rings. The summed E-state index contributed by atoms with van der Waals surface area (Å²) in [6, 6.07) is 37.9. The molecule has 340 valence electrons. The average Bonchev–Trinajstić information content (AvgIpc) is 3.36. The molecule has 8 aromatic carbocycles.